The summed E-state index contributed by atoms with van der Waals surface area (Å²) in [5.41, 5.74) is 0.878. The van der Waals surface area contributed by atoms with Gasteiger partial charge in [0, 0.05) is 13.1 Å². The van der Waals surface area contributed by atoms with E-state index in [9.17, 15) is 17.1 Å². The van der Waals surface area contributed by atoms with Gasteiger partial charge in [0.05, 0.1) is 5.75 Å². The van der Waals surface area contributed by atoms with Crippen molar-refractivity contribution in [1.82, 2.24) is 4.90 Å². The molecule has 20 heavy (non-hydrogen) atoms. The SMILES string of the molecule is O=C(OCc1ccccc1)N1CC[C@@H](CS(=O)(=O)F)C1. The molecule has 0 radical (unpaired) electrons. The lowest BCUT2D eigenvalue weighted by Gasteiger charge is -2.16. The van der Waals surface area contributed by atoms with Gasteiger partial charge < -0.3 is 9.64 Å². The molecule has 0 spiro atoms. The Morgan fingerprint density at radius 1 is 1.35 bits per heavy atom. The maximum absolute atomic E-state index is 12.6. The van der Waals surface area contributed by atoms with Gasteiger partial charge in [-0.3, -0.25) is 0 Å². The maximum Gasteiger partial charge on any atom is 0.410 e. The van der Waals surface area contributed by atoms with Gasteiger partial charge in [0.25, 0.3) is 0 Å². The van der Waals surface area contributed by atoms with Gasteiger partial charge in [-0.1, -0.05) is 30.3 Å². The summed E-state index contributed by atoms with van der Waals surface area (Å²) in [4.78, 5) is 13.2. The highest BCUT2D eigenvalue weighted by Gasteiger charge is 2.30. The predicted octanol–water partition coefficient (Wildman–Crippen LogP) is 1.94. The summed E-state index contributed by atoms with van der Waals surface area (Å²) in [5, 5.41) is 0. The fourth-order valence-electron chi connectivity index (χ4n) is 2.23. The van der Waals surface area contributed by atoms with Gasteiger partial charge in [0.15, 0.2) is 0 Å². The van der Waals surface area contributed by atoms with Crippen molar-refractivity contribution >= 4 is 16.3 Å². The number of nitrogens with zero attached hydrogens (tertiary/aromatic N) is 1. The van der Waals surface area contributed by atoms with Gasteiger partial charge in [0.1, 0.15) is 6.61 Å². The molecule has 5 nitrogen and oxygen atoms in total. The van der Waals surface area contributed by atoms with Crippen LogP contribution in [0.2, 0.25) is 0 Å². The number of likely N-dealkylation sites (tertiary alicyclic amines) is 1. The van der Waals surface area contributed by atoms with E-state index >= 15 is 0 Å². The number of ether oxygens (including phenoxy) is 1. The molecule has 1 aliphatic rings. The third-order valence-corrected chi connectivity index (χ3v) is 4.05. The first-order chi connectivity index (χ1) is 9.44. The second-order valence-electron chi connectivity index (χ2n) is 4.85. The Morgan fingerprint density at radius 2 is 2.05 bits per heavy atom. The predicted molar refractivity (Wildman–Crippen MR) is 71.2 cm³/mol. The van der Waals surface area contributed by atoms with Crippen LogP contribution in [0.5, 0.6) is 0 Å². The molecule has 7 heteroatoms. The Bertz CT molecular complexity index is 561. The highest BCUT2D eigenvalue weighted by molar-refractivity contribution is 7.86. The molecule has 0 saturated carbocycles. The first-order valence-electron chi connectivity index (χ1n) is 6.32. The zero-order valence-corrected chi connectivity index (χ0v) is 11.7. The molecule has 1 aromatic rings. The van der Waals surface area contributed by atoms with Crippen LogP contribution in [-0.4, -0.2) is 38.3 Å². The lowest BCUT2D eigenvalue weighted by atomic mass is 10.2. The first kappa shape index (κ1) is 14.8. The van der Waals surface area contributed by atoms with Crippen LogP contribution in [-0.2, 0) is 21.6 Å². The average Bonchev–Trinajstić information content (AvgIpc) is 2.83. The van der Waals surface area contributed by atoms with Crippen LogP contribution in [0.25, 0.3) is 0 Å². The Kier molecular flexibility index (Phi) is 4.59. The van der Waals surface area contributed by atoms with Gasteiger partial charge in [-0.2, -0.15) is 8.42 Å². The van der Waals surface area contributed by atoms with Gasteiger partial charge in [0.2, 0.25) is 0 Å². The summed E-state index contributed by atoms with van der Waals surface area (Å²) in [6.07, 6.45) is -0.0172. The summed E-state index contributed by atoms with van der Waals surface area (Å²) in [7, 11) is -4.49. The van der Waals surface area contributed by atoms with Crippen LogP contribution in [0.15, 0.2) is 30.3 Å². The number of hydrogen-bond acceptors (Lipinski definition) is 4. The lowest BCUT2D eigenvalue weighted by molar-refractivity contribution is 0.103. The smallest absolute Gasteiger partial charge is 0.410 e. The Labute approximate surface area is 117 Å². The summed E-state index contributed by atoms with van der Waals surface area (Å²) < 4.78 is 38.9. The summed E-state index contributed by atoms with van der Waals surface area (Å²) in [5.74, 6) is -0.885. The number of hydrogen-bond donors (Lipinski definition) is 0. The van der Waals surface area contributed by atoms with E-state index in [4.69, 9.17) is 4.74 Å². The molecule has 0 aliphatic carbocycles. The van der Waals surface area contributed by atoms with Gasteiger partial charge in [-0.25, -0.2) is 4.79 Å². The molecule has 1 amide bonds. The van der Waals surface area contributed by atoms with Gasteiger partial charge >= 0.3 is 16.3 Å². The molecule has 1 heterocycles. The standard InChI is InChI=1S/C13H16FNO4S/c14-20(17,18)10-12-6-7-15(8-12)13(16)19-9-11-4-2-1-3-5-11/h1-5,12H,6-10H2/t12-/m1/s1. The molecule has 2 rings (SSSR count). The average molecular weight is 301 g/mol. The fourth-order valence-corrected chi connectivity index (χ4v) is 3.06. The van der Waals surface area contributed by atoms with E-state index in [0.29, 0.717) is 13.0 Å². The Hall–Kier alpha value is -1.63. The first-order valence-corrected chi connectivity index (χ1v) is 7.87. The van der Waals surface area contributed by atoms with E-state index < -0.39 is 22.1 Å². The molecule has 1 aromatic carbocycles. The molecular weight excluding hydrogens is 285 g/mol. The van der Waals surface area contributed by atoms with Crippen molar-refractivity contribution in [3.8, 4) is 0 Å². The Balaban J connectivity index is 1.80. The number of amides is 1. The number of carbonyl (C=O) groups is 1. The van der Waals surface area contributed by atoms with Crippen LogP contribution >= 0.6 is 0 Å². The zero-order chi connectivity index (χ0) is 14.6. The molecule has 0 aromatic heterocycles. The molecule has 1 fully saturated rings. The van der Waals surface area contributed by atoms with Crippen molar-refractivity contribution in [3.05, 3.63) is 35.9 Å². The lowest BCUT2D eigenvalue weighted by Crippen LogP contribution is -2.30. The van der Waals surface area contributed by atoms with E-state index in [1.54, 1.807) is 0 Å². The molecule has 1 aliphatic heterocycles. The number of rotatable bonds is 4. The second kappa shape index (κ2) is 6.21. The second-order valence-corrected chi connectivity index (χ2v) is 6.26. The number of carbonyl (C=O) groups excluding carboxylic acids is 1. The quantitative estimate of drug-likeness (QED) is 0.797. The molecule has 1 atom stereocenters. The van der Waals surface area contributed by atoms with E-state index in [1.165, 1.54) is 4.90 Å². The Morgan fingerprint density at radius 3 is 2.70 bits per heavy atom. The van der Waals surface area contributed by atoms with Crippen molar-refractivity contribution in [1.29, 1.82) is 0 Å². The van der Waals surface area contributed by atoms with Crippen molar-refractivity contribution < 1.29 is 21.8 Å². The summed E-state index contributed by atoms with van der Waals surface area (Å²) in [6, 6.07) is 9.25. The zero-order valence-electron chi connectivity index (χ0n) is 10.9. The van der Waals surface area contributed by atoms with Crippen LogP contribution < -0.4 is 0 Å². The summed E-state index contributed by atoms with van der Waals surface area (Å²) in [6.45, 7) is 0.785. The van der Waals surface area contributed by atoms with E-state index in [0.717, 1.165) is 5.56 Å². The van der Waals surface area contributed by atoms with Crippen molar-refractivity contribution in [2.75, 3.05) is 18.8 Å². The van der Waals surface area contributed by atoms with Crippen molar-refractivity contribution in [2.45, 2.75) is 13.0 Å². The molecule has 0 unspecified atom stereocenters. The summed E-state index contributed by atoms with van der Waals surface area (Å²) >= 11 is 0. The maximum atomic E-state index is 12.6. The minimum absolute atomic E-state index is 0.169. The third kappa shape index (κ3) is 4.48. The van der Waals surface area contributed by atoms with Crippen LogP contribution in [0.4, 0.5) is 8.68 Å². The highest BCUT2D eigenvalue weighted by atomic mass is 32.3. The van der Waals surface area contributed by atoms with Gasteiger partial charge in [-0.05, 0) is 17.9 Å². The normalized spacial score (nSPS) is 19.1. The van der Waals surface area contributed by atoms with Gasteiger partial charge in [-0.15, -0.1) is 3.89 Å². The van der Waals surface area contributed by atoms with Crippen LogP contribution in [0, 0.1) is 5.92 Å². The van der Waals surface area contributed by atoms with Crippen molar-refractivity contribution in [3.63, 3.8) is 0 Å². The van der Waals surface area contributed by atoms with E-state index in [-0.39, 0.29) is 19.1 Å². The minimum atomic E-state index is -4.49. The van der Waals surface area contributed by atoms with E-state index in [1.807, 2.05) is 30.3 Å². The molecule has 0 bridgehead atoms. The number of benzene rings is 1. The highest BCUT2D eigenvalue weighted by Crippen LogP contribution is 2.19. The molecular formula is C13H16FNO4S. The number of halogens is 1. The fraction of sp³-hybridized carbons (Fsp3) is 0.462. The topological polar surface area (TPSA) is 63.7 Å². The largest absolute Gasteiger partial charge is 0.445 e. The van der Waals surface area contributed by atoms with Crippen molar-refractivity contribution in [2.24, 2.45) is 5.92 Å². The van der Waals surface area contributed by atoms with E-state index in [2.05, 4.69) is 0 Å². The monoisotopic (exact) mass is 301 g/mol. The molecule has 0 N–H and O–H groups in total. The minimum Gasteiger partial charge on any atom is -0.445 e. The third-order valence-electron chi connectivity index (χ3n) is 3.18. The molecule has 110 valence electrons. The van der Waals surface area contributed by atoms with Crippen LogP contribution in [0.3, 0.4) is 0 Å². The van der Waals surface area contributed by atoms with Crippen LogP contribution in [0.1, 0.15) is 12.0 Å². The molecule has 1 saturated heterocycles.